The van der Waals surface area contributed by atoms with Crippen molar-refractivity contribution < 1.29 is 13.9 Å². The van der Waals surface area contributed by atoms with E-state index in [9.17, 15) is 4.79 Å². The van der Waals surface area contributed by atoms with Crippen LogP contribution in [-0.2, 0) is 4.79 Å². The lowest BCUT2D eigenvalue weighted by Crippen LogP contribution is -2.20. The van der Waals surface area contributed by atoms with Gasteiger partial charge in [-0.25, -0.2) is 4.98 Å². The Labute approximate surface area is 179 Å². The fourth-order valence-corrected chi connectivity index (χ4v) is 3.50. The predicted molar refractivity (Wildman–Crippen MR) is 118 cm³/mol. The fourth-order valence-electron chi connectivity index (χ4n) is 3.50. The molecule has 0 bridgehead atoms. The Bertz CT molecular complexity index is 1280. The molecule has 0 fully saturated rings. The normalized spacial score (nSPS) is 11.0. The summed E-state index contributed by atoms with van der Waals surface area (Å²) in [5.74, 6) is -0.0678. The van der Waals surface area contributed by atoms with Crippen molar-refractivity contribution >= 4 is 17.1 Å². The average molecular weight is 406 g/mol. The first-order chi connectivity index (χ1) is 15.3. The van der Waals surface area contributed by atoms with E-state index < -0.39 is 5.92 Å². The molecule has 0 amide bonds. The molecule has 0 atom stereocenters. The highest BCUT2D eigenvalue weighted by molar-refractivity contribution is 5.85. The highest BCUT2D eigenvalue weighted by Crippen LogP contribution is 2.29. The van der Waals surface area contributed by atoms with Crippen LogP contribution in [0.2, 0.25) is 0 Å². The number of nitrogens with zero attached hydrogens (tertiary/aromatic N) is 2. The first-order valence-corrected chi connectivity index (χ1v) is 9.91. The second-order valence-electron chi connectivity index (χ2n) is 7.04. The minimum Gasteiger partial charge on any atom is -0.435 e. The van der Waals surface area contributed by atoms with Gasteiger partial charge in [0.05, 0.1) is 0 Å². The molecule has 0 radical (unpaired) electrons. The van der Waals surface area contributed by atoms with Crippen molar-refractivity contribution in [3.8, 4) is 17.3 Å². The molecule has 31 heavy (non-hydrogen) atoms. The van der Waals surface area contributed by atoms with E-state index in [2.05, 4.69) is 9.97 Å². The number of oxazole rings is 1. The molecule has 0 saturated heterocycles. The van der Waals surface area contributed by atoms with Crippen molar-refractivity contribution in [1.82, 2.24) is 9.97 Å². The van der Waals surface area contributed by atoms with E-state index in [1.165, 1.54) is 0 Å². The molecule has 0 saturated carbocycles. The number of carbonyl (C=O) groups excluding carboxylic acids is 1. The van der Waals surface area contributed by atoms with Crippen LogP contribution >= 0.6 is 0 Å². The van der Waals surface area contributed by atoms with E-state index in [0.29, 0.717) is 28.4 Å². The maximum atomic E-state index is 13.2. The molecule has 0 aliphatic carbocycles. The van der Waals surface area contributed by atoms with Crippen molar-refractivity contribution in [2.24, 2.45) is 0 Å². The minimum absolute atomic E-state index is 0.360. The van der Waals surface area contributed by atoms with E-state index in [1.54, 1.807) is 24.4 Å². The molecule has 5 heteroatoms. The quantitative estimate of drug-likeness (QED) is 0.280. The van der Waals surface area contributed by atoms with Gasteiger partial charge in [0.2, 0.25) is 5.89 Å². The van der Waals surface area contributed by atoms with Gasteiger partial charge in [0, 0.05) is 12.3 Å². The monoisotopic (exact) mass is 406 g/mol. The number of hydrogen-bond donors (Lipinski definition) is 0. The van der Waals surface area contributed by atoms with Crippen LogP contribution in [0.1, 0.15) is 17.0 Å². The molecular weight excluding hydrogens is 388 g/mol. The molecule has 5 nitrogen and oxygen atoms in total. The third-order valence-corrected chi connectivity index (χ3v) is 4.96. The van der Waals surface area contributed by atoms with Crippen molar-refractivity contribution in [3.05, 3.63) is 114 Å². The van der Waals surface area contributed by atoms with Gasteiger partial charge >= 0.3 is 5.97 Å². The summed E-state index contributed by atoms with van der Waals surface area (Å²) in [5.41, 5.74) is 3.59. The molecule has 2 aromatic heterocycles. The van der Waals surface area contributed by atoms with Crippen molar-refractivity contribution in [1.29, 1.82) is 0 Å². The SMILES string of the molecule is O=C(Oc1ccc2nc(-c3ccccn3)oc2c1)C(c1ccccc1)c1ccccc1. The molecule has 2 heterocycles. The zero-order valence-corrected chi connectivity index (χ0v) is 16.5. The number of aromatic nitrogens is 2. The second kappa shape index (κ2) is 8.24. The van der Waals surface area contributed by atoms with Crippen LogP contribution in [0.25, 0.3) is 22.7 Å². The van der Waals surface area contributed by atoms with Crippen LogP contribution in [0.3, 0.4) is 0 Å². The third kappa shape index (κ3) is 3.94. The molecule has 5 aromatic rings. The molecule has 3 aromatic carbocycles. The maximum absolute atomic E-state index is 13.2. The largest absolute Gasteiger partial charge is 0.435 e. The Morgan fingerprint density at radius 1 is 0.806 bits per heavy atom. The molecule has 0 N–H and O–H groups in total. The van der Waals surface area contributed by atoms with E-state index >= 15 is 0 Å². The van der Waals surface area contributed by atoms with E-state index in [4.69, 9.17) is 9.15 Å². The van der Waals surface area contributed by atoms with Gasteiger partial charge in [0.25, 0.3) is 0 Å². The van der Waals surface area contributed by atoms with Crippen LogP contribution in [0.15, 0.2) is 108 Å². The number of carbonyl (C=O) groups is 1. The van der Waals surface area contributed by atoms with Crippen LogP contribution in [0.5, 0.6) is 5.75 Å². The number of benzene rings is 3. The number of pyridine rings is 1. The van der Waals surface area contributed by atoms with Gasteiger partial charge in [-0.15, -0.1) is 0 Å². The Hall–Kier alpha value is -4.25. The average Bonchev–Trinajstić information content (AvgIpc) is 3.25. The lowest BCUT2D eigenvalue weighted by Gasteiger charge is -2.16. The van der Waals surface area contributed by atoms with E-state index in [-0.39, 0.29) is 5.97 Å². The predicted octanol–water partition coefficient (Wildman–Crippen LogP) is 5.63. The molecule has 5 rings (SSSR count). The number of ether oxygens (including phenoxy) is 1. The Kier molecular flexibility index (Phi) is 4.99. The Morgan fingerprint density at radius 2 is 1.48 bits per heavy atom. The standard InChI is InChI=1S/C26H18N2O3/c29-26(24(18-9-3-1-4-10-18)19-11-5-2-6-12-19)30-20-14-15-21-23(17-20)31-25(28-21)22-13-7-8-16-27-22/h1-17,24H. The Morgan fingerprint density at radius 3 is 2.13 bits per heavy atom. The van der Waals surface area contributed by atoms with Gasteiger partial charge in [-0.3, -0.25) is 9.78 Å². The number of hydrogen-bond acceptors (Lipinski definition) is 5. The van der Waals surface area contributed by atoms with Gasteiger partial charge in [0.1, 0.15) is 22.9 Å². The molecule has 0 aliphatic heterocycles. The van der Waals surface area contributed by atoms with Gasteiger partial charge in [0.15, 0.2) is 5.58 Å². The smallest absolute Gasteiger partial charge is 0.323 e. The van der Waals surface area contributed by atoms with Gasteiger partial charge in [-0.2, -0.15) is 0 Å². The lowest BCUT2D eigenvalue weighted by molar-refractivity contribution is -0.135. The van der Waals surface area contributed by atoms with Crippen LogP contribution in [0, 0.1) is 0 Å². The first-order valence-electron chi connectivity index (χ1n) is 9.91. The second-order valence-corrected chi connectivity index (χ2v) is 7.04. The molecule has 0 spiro atoms. The topological polar surface area (TPSA) is 65.2 Å². The first kappa shape index (κ1) is 18.8. The molecular formula is C26H18N2O3. The van der Waals surface area contributed by atoms with Gasteiger partial charge in [-0.1, -0.05) is 66.7 Å². The van der Waals surface area contributed by atoms with E-state index in [1.807, 2.05) is 78.9 Å². The molecule has 0 aliphatic rings. The summed E-state index contributed by atoms with van der Waals surface area (Å²) >= 11 is 0. The minimum atomic E-state index is -0.531. The summed E-state index contributed by atoms with van der Waals surface area (Å²) < 4.78 is 11.6. The summed E-state index contributed by atoms with van der Waals surface area (Å²) in [5, 5.41) is 0. The van der Waals surface area contributed by atoms with Crippen molar-refractivity contribution in [3.63, 3.8) is 0 Å². The number of rotatable bonds is 5. The maximum Gasteiger partial charge on any atom is 0.323 e. The van der Waals surface area contributed by atoms with Crippen LogP contribution < -0.4 is 4.74 Å². The van der Waals surface area contributed by atoms with Crippen LogP contribution in [0.4, 0.5) is 0 Å². The van der Waals surface area contributed by atoms with E-state index in [0.717, 1.165) is 11.1 Å². The van der Waals surface area contributed by atoms with Crippen molar-refractivity contribution in [2.45, 2.75) is 5.92 Å². The highest BCUT2D eigenvalue weighted by atomic mass is 16.5. The summed E-state index contributed by atoms with van der Waals surface area (Å²) in [6.07, 6.45) is 1.69. The van der Waals surface area contributed by atoms with Gasteiger partial charge in [-0.05, 0) is 35.4 Å². The lowest BCUT2D eigenvalue weighted by atomic mass is 9.91. The van der Waals surface area contributed by atoms with Crippen LogP contribution in [-0.4, -0.2) is 15.9 Å². The highest BCUT2D eigenvalue weighted by Gasteiger charge is 2.25. The summed E-state index contributed by atoms with van der Waals surface area (Å²) in [6, 6.07) is 29.9. The summed E-state index contributed by atoms with van der Waals surface area (Å²) in [6.45, 7) is 0. The third-order valence-electron chi connectivity index (χ3n) is 4.96. The zero-order valence-electron chi connectivity index (χ0n) is 16.5. The fraction of sp³-hybridized carbons (Fsp3) is 0.0385. The summed E-state index contributed by atoms with van der Waals surface area (Å²) in [7, 11) is 0. The molecule has 150 valence electrons. The van der Waals surface area contributed by atoms with Gasteiger partial charge < -0.3 is 9.15 Å². The Balaban J connectivity index is 1.45. The van der Waals surface area contributed by atoms with Crippen molar-refractivity contribution in [2.75, 3.05) is 0 Å². The number of fused-ring (bicyclic) bond motifs is 1. The summed E-state index contributed by atoms with van der Waals surface area (Å²) in [4.78, 5) is 21.9. The zero-order chi connectivity index (χ0) is 21.0. The number of esters is 1. The molecule has 0 unspecified atom stereocenters.